The third-order valence-electron chi connectivity index (χ3n) is 4.08. The monoisotopic (exact) mass is 320 g/mol. The minimum Gasteiger partial charge on any atom is -0.491 e. The zero-order valence-electron chi connectivity index (χ0n) is 15.5. The van der Waals surface area contributed by atoms with Crippen molar-refractivity contribution in [1.82, 2.24) is 0 Å². The van der Waals surface area contributed by atoms with Crippen molar-refractivity contribution in [3.8, 4) is 5.75 Å². The lowest BCUT2D eigenvalue weighted by molar-refractivity contribution is 0.0327. The highest BCUT2D eigenvalue weighted by molar-refractivity contribution is 5.27. The van der Waals surface area contributed by atoms with Crippen LogP contribution in [0.2, 0.25) is 0 Å². The van der Waals surface area contributed by atoms with E-state index in [1.54, 1.807) is 0 Å². The van der Waals surface area contributed by atoms with Gasteiger partial charge in [-0.15, -0.1) is 0 Å². The fourth-order valence-electron chi connectivity index (χ4n) is 2.62. The molecule has 0 fully saturated rings. The van der Waals surface area contributed by atoms with Crippen molar-refractivity contribution in [3.63, 3.8) is 0 Å². The molecular weight excluding hydrogens is 284 g/mol. The average Bonchev–Trinajstić information content (AvgIpc) is 2.58. The zero-order valence-corrected chi connectivity index (χ0v) is 15.5. The fraction of sp³-hybridized carbons (Fsp3) is 0.714. The van der Waals surface area contributed by atoms with E-state index >= 15 is 0 Å². The lowest BCUT2D eigenvalue weighted by Crippen LogP contribution is -2.18. The Labute approximate surface area is 143 Å². The van der Waals surface area contributed by atoms with E-state index in [1.165, 1.54) is 56.9 Å². The largest absolute Gasteiger partial charge is 0.491 e. The standard InChI is InChI=1S/C21H36O2/c1-4-6-7-8-9-10-11-12-20-13-15-21(16-14-20)23-18-19(3)22-17-5-2/h13-16,19H,4-12,17-18H2,1-3H3. The fourth-order valence-corrected chi connectivity index (χ4v) is 2.62. The maximum Gasteiger partial charge on any atom is 0.119 e. The van der Waals surface area contributed by atoms with Crippen LogP contribution in [0.15, 0.2) is 24.3 Å². The molecule has 0 saturated carbocycles. The molecule has 0 aliphatic heterocycles. The first-order valence-electron chi connectivity index (χ1n) is 9.59. The molecule has 0 saturated heterocycles. The van der Waals surface area contributed by atoms with E-state index in [0.717, 1.165) is 18.8 Å². The van der Waals surface area contributed by atoms with Gasteiger partial charge in [0.15, 0.2) is 0 Å². The van der Waals surface area contributed by atoms with Gasteiger partial charge in [-0.25, -0.2) is 0 Å². The molecule has 2 heteroatoms. The van der Waals surface area contributed by atoms with Crippen LogP contribution in [-0.4, -0.2) is 19.3 Å². The van der Waals surface area contributed by atoms with Gasteiger partial charge in [-0.1, -0.05) is 64.5 Å². The first-order valence-corrected chi connectivity index (χ1v) is 9.59. The lowest BCUT2D eigenvalue weighted by atomic mass is 10.0. The van der Waals surface area contributed by atoms with Gasteiger partial charge < -0.3 is 9.47 Å². The van der Waals surface area contributed by atoms with Gasteiger partial charge in [-0.3, -0.25) is 0 Å². The van der Waals surface area contributed by atoms with E-state index in [0.29, 0.717) is 6.61 Å². The predicted molar refractivity (Wildman–Crippen MR) is 99.3 cm³/mol. The Balaban J connectivity index is 2.13. The van der Waals surface area contributed by atoms with Gasteiger partial charge in [0.25, 0.3) is 0 Å². The van der Waals surface area contributed by atoms with E-state index in [9.17, 15) is 0 Å². The second-order valence-corrected chi connectivity index (χ2v) is 6.51. The van der Waals surface area contributed by atoms with Gasteiger partial charge in [-0.05, 0) is 43.9 Å². The molecule has 0 bridgehead atoms. The summed E-state index contributed by atoms with van der Waals surface area (Å²) in [4.78, 5) is 0. The summed E-state index contributed by atoms with van der Waals surface area (Å²) >= 11 is 0. The number of aryl methyl sites for hydroxylation is 1. The average molecular weight is 321 g/mol. The first-order chi connectivity index (χ1) is 11.3. The zero-order chi connectivity index (χ0) is 16.8. The lowest BCUT2D eigenvalue weighted by Gasteiger charge is -2.14. The van der Waals surface area contributed by atoms with E-state index in [-0.39, 0.29) is 6.10 Å². The number of hydrogen-bond acceptors (Lipinski definition) is 2. The Morgan fingerprint density at radius 3 is 2.13 bits per heavy atom. The number of ether oxygens (including phenoxy) is 2. The smallest absolute Gasteiger partial charge is 0.119 e. The molecule has 0 aliphatic carbocycles. The number of unbranched alkanes of at least 4 members (excludes halogenated alkanes) is 6. The topological polar surface area (TPSA) is 18.5 Å². The summed E-state index contributed by atoms with van der Waals surface area (Å²) in [6.07, 6.45) is 12.0. The van der Waals surface area contributed by atoms with Crippen LogP contribution in [0, 0.1) is 0 Å². The van der Waals surface area contributed by atoms with Crippen LogP contribution in [-0.2, 0) is 11.2 Å². The predicted octanol–water partition coefficient (Wildman–Crippen LogP) is 6.17. The summed E-state index contributed by atoms with van der Waals surface area (Å²) in [6.45, 7) is 7.88. The van der Waals surface area contributed by atoms with Crippen LogP contribution in [0.4, 0.5) is 0 Å². The van der Waals surface area contributed by atoms with Gasteiger partial charge in [0.2, 0.25) is 0 Å². The summed E-state index contributed by atoms with van der Waals surface area (Å²) in [5.41, 5.74) is 1.42. The van der Waals surface area contributed by atoms with E-state index in [2.05, 4.69) is 45.0 Å². The molecule has 0 heterocycles. The van der Waals surface area contributed by atoms with Crippen molar-refractivity contribution >= 4 is 0 Å². The molecule has 1 rings (SSSR count). The third-order valence-corrected chi connectivity index (χ3v) is 4.08. The van der Waals surface area contributed by atoms with Gasteiger partial charge >= 0.3 is 0 Å². The summed E-state index contributed by atoms with van der Waals surface area (Å²) in [7, 11) is 0. The molecule has 1 aromatic carbocycles. The maximum absolute atomic E-state index is 5.78. The first kappa shape index (κ1) is 20.0. The summed E-state index contributed by atoms with van der Waals surface area (Å²) in [5.74, 6) is 0.945. The Kier molecular flexibility index (Phi) is 11.7. The Bertz CT molecular complexity index is 372. The van der Waals surface area contributed by atoms with Gasteiger partial charge in [0.05, 0.1) is 6.10 Å². The van der Waals surface area contributed by atoms with Crippen LogP contribution in [0.1, 0.15) is 77.7 Å². The Hall–Kier alpha value is -1.02. The van der Waals surface area contributed by atoms with Crippen LogP contribution < -0.4 is 4.74 Å². The van der Waals surface area contributed by atoms with Crippen molar-refractivity contribution in [2.24, 2.45) is 0 Å². The van der Waals surface area contributed by atoms with Crippen molar-refractivity contribution in [2.75, 3.05) is 13.2 Å². The number of hydrogen-bond donors (Lipinski definition) is 0. The van der Waals surface area contributed by atoms with Crippen LogP contribution in [0.25, 0.3) is 0 Å². The second-order valence-electron chi connectivity index (χ2n) is 6.51. The summed E-state index contributed by atoms with van der Waals surface area (Å²) in [6, 6.07) is 8.57. The summed E-state index contributed by atoms with van der Waals surface area (Å²) < 4.78 is 11.4. The van der Waals surface area contributed by atoms with Gasteiger partial charge in [-0.2, -0.15) is 0 Å². The molecule has 0 spiro atoms. The molecule has 1 unspecified atom stereocenters. The molecule has 1 atom stereocenters. The number of benzene rings is 1. The van der Waals surface area contributed by atoms with Crippen molar-refractivity contribution in [3.05, 3.63) is 29.8 Å². The molecule has 0 N–H and O–H groups in total. The minimum absolute atomic E-state index is 0.155. The molecule has 132 valence electrons. The highest BCUT2D eigenvalue weighted by Gasteiger charge is 2.03. The van der Waals surface area contributed by atoms with Crippen LogP contribution in [0.5, 0.6) is 5.75 Å². The van der Waals surface area contributed by atoms with Crippen molar-refractivity contribution < 1.29 is 9.47 Å². The molecule has 2 nitrogen and oxygen atoms in total. The number of rotatable bonds is 14. The molecule has 1 aromatic rings. The van der Waals surface area contributed by atoms with Gasteiger partial charge in [0, 0.05) is 6.61 Å². The van der Waals surface area contributed by atoms with Crippen LogP contribution in [0.3, 0.4) is 0 Å². The van der Waals surface area contributed by atoms with E-state index in [4.69, 9.17) is 9.47 Å². The third kappa shape index (κ3) is 10.4. The van der Waals surface area contributed by atoms with Crippen LogP contribution >= 0.6 is 0 Å². The highest BCUT2D eigenvalue weighted by Crippen LogP contribution is 2.15. The molecule has 23 heavy (non-hydrogen) atoms. The van der Waals surface area contributed by atoms with Crippen molar-refractivity contribution in [1.29, 1.82) is 0 Å². The summed E-state index contributed by atoms with van der Waals surface area (Å²) in [5, 5.41) is 0. The molecule has 0 aromatic heterocycles. The normalized spacial score (nSPS) is 12.3. The Morgan fingerprint density at radius 2 is 1.48 bits per heavy atom. The highest BCUT2D eigenvalue weighted by atomic mass is 16.5. The second kappa shape index (κ2) is 13.4. The quantitative estimate of drug-likeness (QED) is 0.381. The van der Waals surface area contributed by atoms with E-state index < -0.39 is 0 Å². The minimum atomic E-state index is 0.155. The van der Waals surface area contributed by atoms with Gasteiger partial charge in [0.1, 0.15) is 12.4 Å². The maximum atomic E-state index is 5.78. The molecule has 0 radical (unpaired) electrons. The molecular formula is C21H36O2. The molecule has 0 aliphatic rings. The van der Waals surface area contributed by atoms with Crippen molar-refractivity contribution in [2.45, 2.75) is 84.7 Å². The van der Waals surface area contributed by atoms with E-state index in [1.807, 2.05) is 0 Å². The molecule has 0 amide bonds. The Morgan fingerprint density at radius 1 is 0.826 bits per heavy atom. The SMILES string of the molecule is CCCCCCCCCc1ccc(OCC(C)OCCC)cc1.